The maximum absolute atomic E-state index is 12.8. The van der Waals surface area contributed by atoms with Crippen molar-refractivity contribution in [2.24, 2.45) is 0 Å². The van der Waals surface area contributed by atoms with Crippen molar-refractivity contribution in [1.29, 1.82) is 0 Å². The van der Waals surface area contributed by atoms with Gasteiger partial charge >= 0.3 is 0 Å². The Bertz CT molecular complexity index is 740. The van der Waals surface area contributed by atoms with Gasteiger partial charge in [-0.2, -0.15) is 0 Å². The van der Waals surface area contributed by atoms with Crippen molar-refractivity contribution in [3.63, 3.8) is 0 Å². The molecule has 0 bridgehead atoms. The zero-order valence-corrected chi connectivity index (χ0v) is 16.7. The maximum Gasteiger partial charge on any atom is 0.255 e. The summed E-state index contributed by atoms with van der Waals surface area (Å²) in [6.45, 7) is 2.15. The Morgan fingerprint density at radius 2 is 2.04 bits per heavy atom. The second kappa shape index (κ2) is 10.0. The Balaban J connectivity index is 1.54. The predicted molar refractivity (Wildman–Crippen MR) is 107 cm³/mol. The highest BCUT2D eigenvalue weighted by atomic mass is 32.2. The average Bonchev–Trinajstić information content (AvgIpc) is 3.01. The molecule has 1 aromatic rings. The van der Waals surface area contributed by atoms with Crippen LogP contribution >= 0.6 is 11.8 Å². The summed E-state index contributed by atoms with van der Waals surface area (Å²) in [6, 6.07) is 5.18. The Kier molecular flexibility index (Phi) is 7.47. The summed E-state index contributed by atoms with van der Waals surface area (Å²) < 4.78 is 0. The van der Waals surface area contributed by atoms with Crippen LogP contribution in [0.3, 0.4) is 0 Å². The van der Waals surface area contributed by atoms with Gasteiger partial charge in [0.25, 0.3) is 5.91 Å². The van der Waals surface area contributed by atoms with Crippen LogP contribution < -0.4 is 10.6 Å². The standard InChI is InChI=1S/C20H27N3O4S/c24-11-10-21-9-2-1-3-12-28-17-6-4-5-14-15(17)13-23(20(14)27)16-7-8-18(25)22-19(16)26/h4-6,16,21,24H,1-3,7-13H2,(H,22,25,26). The maximum atomic E-state index is 12.8. The molecule has 0 aliphatic carbocycles. The van der Waals surface area contributed by atoms with E-state index in [4.69, 9.17) is 5.11 Å². The Hall–Kier alpha value is -1.90. The van der Waals surface area contributed by atoms with E-state index in [-0.39, 0.29) is 30.7 Å². The van der Waals surface area contributed by atoms with E-state index in [9.17, 15) is 14.4 Å². The molecule has 8 heteroatoms. The first-order chi connectivity index (χ1) is 13.6. The molecule has 2 aliphatic rings. The van der Waals surface area contributed by atoms with Crippen molar-refractivity contribution in [2.75, 3.05) is 25.4 Å². The van der Waals surface area contributed by atoms with E-state index in [1.54, 1.807) is 16.7 Å². The molecule has 0 radical (unpaired) electrons. The highest BCUT2D eigenvalue weighted by Crippen LogP contribution is 2.34. The number of imide groups is 1. The lowest BCUT2D eigenvalue weighted by Gasteiger charge is -2.29. The monoisotopic (exact) mass is 405 g/mol. The summed E-state index contributed by atoms with van der Waals surface area (Å²) in [4.78, 5) is 39.0. The van der Waals surface area contributed by atoms with E-state index < -0.39 is 6.04 Å². The van der Waals surface area contributed by atoms with Crippen LogP contribution in [0.5, 0.6) is 0 Å². The van der Waals surface area contributed by atoms with Gasteiger partial charge < -0.3 is 15.3 Å². The Morgan fingerprint density at radius 3 is 2.82 bits per heavy atom. The molecular formula is C20H27N3O4S. The number of nitrogens with zero attached hydrogens (tertiary/aromatic N) is 1. The second-order valence-electron chi connectivity index (χ2n) is 7.06. The lowest BCUT2D eigenvalue weighted by Crippen LogP contribution is -2.52. The quantitative estimate of drug-likeness (QED) is 0.308. The van der Waals surface area contributed by atoms with Crippen molar-refractivity contribution in [2.45, 2.75) is 49.6 Å². The molecule has 1 aromatic carbocycles. The first kappa shape index (κ1) is 20.8. The topological polar surface area (TPSA) is 98.7 Å². The SMILES string of the molecule is O=C1CCC(N2Cc3c(SCCCCCNCCO)cccc3C2=O)C(=O)N1. The molecule has 1 saturated heterocycles. The average molecular weight is 406 g/mol. The van der Waals surface area contributed by atoms with Gasteiger partial charge in [0.15, 0.2) is 0 Å². The van der Waals surface area contributed by atoms with Crippen molar-refractivity contribution in [3.8, 4) is 0 Å². The first-order valence-electron chi connectivity index (χ1n) is 9.82. The summed E-state index contributed by atoms with van der Waals surface area (Å²) in [5, 5.41) is 14.2. The van der Waals surface area contributed by atoms with Crippen LogP contribution in [0.15, 0.2) is 23.1 Å². The molecule has 0 aromatic heterocycles. The number of carbonyl (C=O) groups excluding carboxylic acids is 3. The van der Waals surface area contributed by atoms with E-state index in [0.717, 1.165) is 42.0 Å². The lowest BCUT2D eigenvalue weighted by atomic mass is 10.0. The zero-order chi connectivity index (χ0) is 19.9. The molecule has 7 nitrogen and oxygen atoms in total. The molecular weight excluding hydrogens is 378 g/mol. The molecule has 0 saturated carbocycles. The fourth-order valence-electron chi connectivity index (χ4n) is 3.61. The third kappa shape index (κ3) is 4.92. The van der Waals surface area contributed by atoms with Crippen LogP contribution in [-0.2, 0) is 16.1 Å². The Morgan fingerprint density at radius 1 is 1.18 bits per heavy atom. The largest absolute Gasteiger partial charge is 0.395 e. The molecule has 1 unspecified atom stereocenters. The number of aliphatic hydroxyl groups excluding tert-OH is 1. The summed E-state index contributed by atoms with van der Waals surface area (Å²) in [5.74, 6) is 0.208. The molecule has 3 N–H and O–H groups in total. The van der Waals surface area contributed by atoms with Crippen molar-refractivity contribution in [1.82, 2.24) is 15.5 Å². The van der Waals surface area contributed by atoms with Crippen LogP contribution in [0.2, 0.25) is 0 Å². The molecule has 3 rings (SSSR count). The minimum Gasteiger partial charge on any atom is -0.395 e. The molecule has 152 valence electrons. The number of unbranched alkanes of at least 4 members (excludes halogenated alkanes) is 2. The van der Waals surface area contributed by atoms with Crippen LogP contribution in [0, 0.1) is 0 Å². The van der Waals surface area contributed by atoms with Gasteiger partial charge in [-0.1, -0.05) is 12.5 Å². The normalized spacial score (nSPS) is 19.1. The van der Waals surface area contributed by atoms with Crippen molar-refractivity contribution in [3.05, 3.63) is 29.3 Å². The number of amides is 3. The summed E-state index contributed by atoms with van der Waals surface area (Å²) in [6.07, 6.45) is 3.93. The Labute approximate surface area is 169 Å². The van der Waals surface area contributed by atoms with Crippen LogP contribution in [0.1, 0.15) is 48.0 Å². The van der Waals surface area contributed by atoms with Gasteiger partial charge in [-0.3, -0.25) is 19.7 Å². The highest BCUT2D eigenvalue weighted by molar-refractivity contribution is 7.99. The number of nitrogens with one attached hydrogen (secondary N) is 2. The third-order valence-corrected chi connectivity index (χ3v) is 6.27. The number of rotatable bonds is 10. The van der Waals surface area contributed by atoms with E-state index in [0.29, 0.717) is 25.1 Å². The number of carbonyl (C=O) groups is 3. The molecule has 1 fully saturated rings. The third-order valence-electron chi connectivity index (χ3n) is 5.08. The molecule has 0 spiro atoms. The number of hydrogen-bond donors (Lipinski definition) is 3. The molecule has 3 amide bonds. The van der Waals surface area contributed by atoms with E-state index in [2.05, 4.69) is 10.6 Å². The van der Waals surface area contributed by atoms with E-state index >= 15 is 0 Å². The zero-order valence-electron chi connectivity index (χ0n) is 15.9. The second-order valence-corrected chi connectivity index (χ2v) is 8.20. The highest BCUT2D eigenvalue weighted by Gasteiger charge is 2.39. The van der Waals surface area contributed by atoms with Crippen molar-refractivity contribution >= 4 is 29.5 Å². The molecule has 1 atom stereocenters. The van der Waals surface area contributed by atoms with Crippen LogP contribution in [0.4, 0.5) is 0 Å². The van der Waals surface area contributed by atoms with Gasteiger partial charge in [0.2, 0.25) is 11.8 Å². The molecule has 28 heavy (non-hydrogen) atoms. The molecule has 2 heterocycles. The van der Waals surface area contributed by atoms with E-state index in [1.165, 1.54) is 0 Å². The summed E-state index contributed by atoms with van der Waals surface area (Å²) in [5.41, 5.74) is 1.66. The van der Waals surface area contributed by atoms with Gasteiger partial charge in [-0.15, -0.1) is 11.8 Å². The number of benzene rings is 1. The number of thioether (sulfide) groups is 1. The van der Waals surface area contributed by atoms with Gasteiger partial charge in [-0.25, -0.2) is 0 Å². The number of aliphatic hydroxyl groups is 1. The van der Waals surface area contributed by atoms with Gasteiger partial charge in [-0.05, 0) is 49.3 Å². The number of hydrogen-bond acceptors (Lipinski definition) is 6. The van der Waals surface area contributed by atoms with Gasteiger partial charge in [0, 0.05) is 30.0 Å². The smallest absolute Gasteiger partial charge is 0.255 e. The fraction of sp³-hybridized carbons (Fsp3) is 0.550. The lowest BCUT2D eigenvalue weighted by molar-refractivity contribution is -0.136. The van der Waals surface area contributed by atoms with Crippen molar-refractivity contribution < 1.29 is 19.5 Å². The fourth-order valence-corrected chi connectivity index (χ4v) is 4.70. The van der Waals surface area contributed by atoms with Crippen LogP contribution in [-0.4, -0.2) is 59.2 Å². The predicted octanol–water partition coefficient (Wildman–Crippen LogP) is 1.29. The van der Waals surface area contributed by atoms with Crippen LogP contribution in [0.25, 0.3) is 0 Å². The minimum absolute atomic E-state index is 0.123. The van der Waals surface area contributed by atoms with Gasteiger partial charge in [0.1, 0.15) is 6.04 Å². The molecule has 2 aliphatic heterocycles. The number of fused-ring (bicyclic) bond motifs is 1. The number of piperidine rings is 1. The first-order valence-corrected chi connectivity index (χ1v) is 10.8. The summed E-state index contributed by atoms with van der Waals surface area (Å²) in [7, 11) is 0. The van der Waals surface area contributed by atoms with Gasteiger partial charge in [0.05, 0.1) is 6.61 Å². The summed E-state index contributed by atoms with van der Waals surface area (Å²) >= 11 is 1.75. The minimum atomic E-state index is -0.568. The van der Waals surface area contributed by atoms with E-state index in [1.807, 2.05) is 18.2 Å².